The predicted molar refractivity (Wildman–Crippen MR) is 72.0 cm³/mol. The van der Waals surface area contributed by atoms with E-state index in [1.54, 1.807) is 11.0 Å². The summed E-state index contributed by atoms with van der Waals surface area (Å²) in [5.41, 5.74) is 2.59. The van der Waals surface area contributed by atoms with Gasteiger partial charge in [-0.1, -0.05) is 17.7 Å². The molecule has 5 nitrogen and oxygen atoms in total. The predicted octanol–water partition coefficient (Wildman–Crippen LogP) is 1.22. The average Bonchev–Trinajstić information content (AvgIpc) is 2.95. The van der Waals surface area contributed by atoms with E-state index >= 15 is 0 Å². The van der Waals surface area contributed by atoms with Gasteiger partial charge in [0.15, 0.2) is 5.82 Å². The molecule has 1 aliphatic heterocycles. The van der Waals surface area contributed by atoms with Crippen molar-refractivity contribution in [2.45, 2.75) is 26.0 Å². The molecule has 2 heterocycles. The van der Waals surface area contributed by atoms with Crippen molar-refractivity contribution < 1.29 is 4.74 Å². The van der Waals surface area contributed by atoms with Crippen LogP contribution in [0.25, 0.3) is 0 Å². The Balaban J connectivity index is 1.51. The third kappa shape index (κ3) is 2.76. The van der Waals surface area contributed by atoms with Gasteiger partial charge in [-0.15, -0.1) is 0 Å². The van der Waals surface area contributed by atoms with Gasteiger partial charge in [-0.2, -0.15) is 5.10 Å². The summed E-state index contributed by atoms with van der Waals surface area (Å²) in [6, 6.07) is 6.35. The Morgan fingerprint density at radius 2 is 2.37 bits per heavy atom. The van der Waals surface area contributed by atoms with E-state index in [4.69, 9.17) is 4.74 Å². The van der Waals surface area contributed by atoms with Crippen LogP contribution in [0.2, 0.25) is 0 Å². The van der Waals surface area contributed by atoms with Crippen molar-refractivity contribution in [1.29, 1.82) is 0 Å². The number of nitrogens with one attached hydrogen (secondary N) is 1. The summed E-state index contributed by atoms with van der Waals surface area (Å²) in [6.07, 6.45) is 2.89. The number of nitrogens with zero attached hydrogens (tertiary/aromatic N) is 3. The number of aromatic nitrogens is 3. The molecule has 19 heavy (non-hydrogen) atoms. The lowest BCUT2D eigenvalue weighted by Gasteiger charge is -2.10. The first kappa shape index (κ1) is 12.2. The lowest BCUT2D eigenvalue weighted by atomic mass is 10.1. The summed E-state index contributed by atoms with van der Waals surface area (Å²) in [5, 5.41) is 7.57. The summed E-state index contributed by atoms with van der Waals surface area (Å²) < 4.78 is 7.61. The number of aryl methyl sites for hydroxylation is 2. The molecular formula is C14H18N4O. The number of ether oxygens (including phenoxy) is 1. The first-order valence-corrected chi connectivity index (χ1v) is 6.52. The third-order valence-electron chi connectivity index (χ3n) is 3.26. The molecule has 100 valence electrons. The molecule has 0 radical (unpaired) electrons. The highest BCUT2D eigenvalue weighted by Crippen LogP contribution is 2.29. The van der Waals surface area contributed by atoms with Crippen molar-refractivity contribution in [2.24, 2.45) is 7.05 Å². The van der Waals surface area contributed by atoms with Crippen molar-refractivity contribution in [3.05, 3.63) is 41.5 Å². The van der Waals surface area contributed by atoms with Crippen LogP contribution in [-0.2, 0) is 20.0 Å². The highest BCUT2D eigenvalue weighted by atomic mass is 16.5. The van der Waals surface area contributed by atoms with Gasteiger partial charge in [0.25, 0.3) is 0 Å². The Bertz CT molecular complexity index is 579. The van der Waals surface area contributed by atoms with Crippen LogP contribution in [0.15, 0.2) is 24.5 Å². The summed E-state index contributed by atoms with van der Waals surface area (Å²) in [5.74, 6) is 1.84. The molecule has 0 fully saturated rings. The van der Waals surface area contributed by atoms with Crippen LogP contribution in [-0.4, -0.2) is 27.4 Å². The van der Waals surface area contributed by atoms with Gasteiger partial charge < -0.3 is 10.1 Å². The Kier molecular flexibility index (Phi) is 3.21. The summed E-state index contributed by atoms with van der Waals surface area (Å²) >= 11 is 0. The molecule has 1 aromatic carbocycles. The quantitative estimate of drug-likeness (QED) is 0.896. The molecule has 0 saturated heterocycles. The van der Waals surface area contributed by atoms with E-state index in [2.05, 4.69) is 40.5 Å². The zero-order valence-corrected chi connectivity index (χ0v) is 11.3. The van der Waals surface area contributed by atoms with Crippen LogP contribution in [0.1, 0.15) is 17.0 Å². The normalized spacial score (nSPS) is 17.3. The zero-order chi connectivity index (χ0) is 13.2. The molecule has 3 rings (SSSR count). The highest BCUT2D eigenvalue weighted by Gasteiger charge is 2.22. The number of hydrogen-bond donors (Lipinski definition) is 1. The molecule has 1 unspecified atom stereocenters. The van der Waals surface area contributed by atoms with Crippen molar-refractivity contribution >= 4 is 0 Å². The van der Waals surface area contributed by atoms with Gasteiger partial charge in [-0.3, -0.25) is 4.68 Å². The molecule has 0 bridgehead atoms. The van der Waals surface area contributed by atoms with Gasteiger partial charge in [0.2, 0.25) is 0 Å². The first-order valence-electron chi connectivity index (χ1n) is 6.52. The lowest BCUT2D eigenvalue weighted by molar-refractivity contribution is 0.227. The Labute approximate surface area is 112 Å². The zero-order valence-electron chi connectivity index (χ0n) is 11.3. The molecule has 2 aromatic rings. The fourth-order valence-corrected chi connectivity index (χ4v) is 2.37. The standard InChI is InChI=1S/C14H18N4O/c1-10-3-4-13-11(5-10)6-12(19-13)7-15-8-14-16-9-18(2)17-14/h3-5,9,12,15H,6-8H2,1-2H3. The van der Waals surface area contributed by atoms with Gasteiger partial charge >= 0.3 is 0 Å². The summed E-state index contributed by atoms with van der Waals surface area (Å²) in [4.78, 5) is 4.18. The van der Waals surface area contributed by atoms with E-state index in [1.807, 2.05) is 7.05 Å². The van der Waals surface area contributed by atoms with Crippen LogP contribution in [0.4, 0.5) is 0 Å². The summed E-state index contributed by atoms with van der Waals surface area (Å²) in [7, 11) is 1.87. The van der Waals surface area contributed by atoms with Gasteiger partial charge in [-0.05, 0) is 18.6 Å². The first-order chi connectivity index (χ1) is 9.20. The maximum absolute atomic E-state index is 5.90. The van der Waals surface area contributed by atoms with Gasteiger partial charge in [0.1, 0.15) is 18.2 Å². The fraction of sp³-hybridized carbons (Fsp3) is 0.429. The molecular weight excluding hydrogens is 240 g/mol. The number of benzene rings is 1. The van der Waals surface area contributed by atoms with Crippen molar-refractivity contribution in [2.75, 3.05) is 6.54 Å². The topological polar surface area (TPSA) is 52.0 Å². The maximum Gasteiger partial charge on any atom is 0.164 e. The average molecular weight is 258 g/mol. The maximum atomic E-state index is 5.90. The van der Waals surface area contributed by atoms with Crippen LogP contribution in [0, 0.1) is 6.92 Å². The number of fused-ring (bicyclic) bond motifs is 1. The fourth-order valence-electron chi connectivity index (χ4n) is 2.37. The highest BCUT2D eigenvalue weighted by molar-refractivity contribution is 5.40. The van der Waals surface area contributed by atoms with Crippen LogP contribution < -0.4 is 10.1 Å². The minimum atomic E-state index is 0.209. The Morgan fingerprint density at radius 1 is 1.47 bits per heavy atom. The van der Waals surface area contributed by atoms with Gasteiger partial charge in [-0.25, -0.2) is 4.98 Å². The molecule has 0 amide bonds. The van der Waals surface area contributed by atoms with Crippen molar-refractivity contribution in [3.63, 3.8) is 0 Å². The monoisotopic (exact) mass is 258 g/mol. The smallest absolute Gasteiger partial charge is 0.164 e. The SMILES string of the molecule is Cc1ccc2c(c1)CC(CNCc1ncn(C)n1)O2. The Morgan fingerprint density at radius 3 is 3.16 bits per heavy atom. The minimum absolute atomic E-state index is 0.209. The van der Waals surface area contributed by atoms with E-state index in [0.717, 1.165) is 24.5 Å². The van der Waals surface area contributed by atoms with E-state index in [-0.39, 0.29) is 6.10 Å². The van der Waals surface area contributed by atoms with Crippen molar-refractivity contribution in [1.82, 2.24) is 20.1 Å². The van der Waals surface area contributed by atoms with E-state index in [1.165, 1.54) is 11.1 Å². The van der Waals surface area contributed by atoms with Crippen LogP contribution in [0.5, 0.6) is 5.75 Å². The van der Waals surface area contributed by atoms with E-state index in [0.29, 0.717) is 6.54 Å². The molecule has 1 atom stereocenters. The minimum Gasteiger partial charge on any atom is -0.488 e. The van der Waals surface area contributed by atoms with Crippen molar-refractivity contribution in [3.8, 4) is 5.75 Å². The second-order valence-corrected chi connectivity index (χ2v) is 5.02. The molecule has 1 aliphatic rings. The van der Waals surface area contributed by atoms with E-state index < -0.39 is 0 Å². The molecule has 0 aliphatic carbocycles. The van der Waals surface area contributed by atoms with Crippen LogP contribution >= 0.6 is 0 Å². The molecule has 1 aromatic heterocycles. The van der Waals surface area contributed by atoms with Crippen LogP contribution in [0.3, 0.4) is 0 Å². The van der Waals surface area contributed by atoms with Gasteiger partial charge in [0, 0.05) is 20.0 Å². The lowest BCUT2D eigenvalue weighted by Crippen LogP contribution is -2.30. The Hall–Kier alpha value is -1.88. The summed E-state index contributed by atoms with van der Waals surface area (Å²) in [6.45, 7) is 3.60. The molecule has 0 spiro atoms. The largest absolute Gasteiger partial charge is 0.488 e. The third-order valence-corrected chi connectivity index (χ3v) is 3.26. The molecule has 0 saturated carbocycles. The number of hydrogen-bond acceptors (Lipinski definition) is 4. The molecule has 5 heteroatoms. The molecule has 1 N–H and O–H groups in total. The van der Waals surface area contributed by atoms with Gasteiger partial charge in [0.05, 0.1) is 6.54 Å². The second kappa shape index (κ2) is 5.01. The number of rotatable bonds is 4. The second-order valence-electron chi connectivity index (χ2n) is 5.02. The van der Waals surface area contributed by atoms with E-state index in [9.17, 15) is 0 Å².